The molecule has 0 saturated carbocycles. The minimum absolute atomic E-state index is 0.204. The van der Waals surface area contributed by atoms with Crippen LogP contribution >= 0.6 is 15.9 Å². The zero-order valence-corrected chi connectivity index (χ0v) is 17.6. The van der Waals surface area contributed by atoms with Gasteiger partial charge in [-0.3, -0.25) is 4.79 Å². The summed E-state index contributed by atoms with van der Waals surface area (Å²) in [6.45, 7) is 4.26. The number of hydrogen-bond donors (Lipinski definition) is 1. The van der Waals surface area contributed by atoms with Crippen molar-refractivity contribution in [1.29, 1.82) is 0 Å². The third-order valence-electron chi connectivity index (χ3n) is 4.62. The molecule has 1 aliphatic rings. The van der Waals surface area contributed by atoms with Gasteiger partial charge in [-0.05, 0) is 59.5 Å². The average molecular weight is 451 g/mol. The Bertz CT molecular complexity index is 854. The summed E-state index contributed by atoms with van der Waals surface area (Å²) in [5.74, 6) is 0.129. The fourth-order valence-corrected chi connectivity index (χ4v) is 3.80. The Labute approximate surface area is 172 Å². The molecule has 2 aromatic rings. The molecule has 150 valence electrons. The monoisotopic (exact) mass is 450 g/mol. The molecule has 1 amide bonds. The molecule has 0 aliphatic carbocycles. The highest BCUT2D eigenvalue weighted by Gasteiger charge is 2.21. The molecule has 1 heterocycles. The zero-order valence-electron chi connectivity index (χ0n) is 16.1. The summed E-state index contributed by atoms with van der Waals surface area (Å²) in [5.41, 5.74) is 1.26. The molecule has 1 N–H and O–H groups in total. The van der Waals surface area contributed by atoms with E-state index in [0.717, 1.165) is 32.4 Å². The summed E-state index contributed by atoms with van der Waals surface area (Å²) < 4.78 is 26.2. The highest BCUT2D eigenvalue weighted by atomic mass is 79.9. The number of rotatable bonds is 7. The van der Waals surface area contributed by atoms with Gasteiger partial charge in [0.2, 0.25) is 0 Å². The molecule has 0 atom stereocenters. The van der Waals surface area contributed by atoms with Crippen LogP contribution in [0.15, 0.2) is 34.8 Å². The van der Waals surface area contributed by atoms with Crippen molar-refractivity contribution in [2.75, 3.05) is 37.0 Å². The normalized spacial score (nSPS) is 13.5. The van der Waals surface area contributed by atoms with E-state index in [4.69, 9.17) is 9.47 Å². The molecule has 0 spiro atoms. The lowest BCUT2D eigenvalue weighted by Crippen LogP contribution is -2.22. The van der Waals surface area contributed by atoms with Crippen molar-refractivity contribution in [2.45, 2.75) is 26.2 Å². The zero-order chi connectivity index (χ0) is 20.1. The van der Waals surface area contributed by atoms with Crippen LogP contribution in [0.5, 0.6) is 11.5 Å². The molecule has 5 nitrogen and oxygen atoms in total. The number of benzene rings is 2. The Morgan fingerprint density at radius 3 is 2.71 bits per heavy atom. The number of nitrogens with zero attached hydrogens (tertiary/aromatic N) is 1. The second-order valence-corrected chi connectivity index (χ2v) is 7.47. The number of carbonyl (C=O) groups excluding carboxylic acids is 1. The maximum atomic E-state index is 14.5. The number of ether oxygens (including phenoxy) is 2. The Morgan fingerprint density at radius 1 is 1.29 bits per heavy atom. The van der Waals surface area contributed by atoms with Crippen LogP contribution in [0.4, 0.5) is 15.8 Å². The minimum Gasteiger partial charge on any atom is -0.493 e. The lowest BCUT2D eigenvalue weighted by Gasteiger charge is -2.22. The van der Waals surface area contributed by atoms with Crippen LogP contribution in [0.2, 0.25) is 0 Å². The van der Waals surface area contributed by atoms with Crippen molar-refractivity contribution >= 4 is 33.2 Å². The van der Waals surface area contributed by atoms with Gasteiger partial charge in [0.05, 0.1) is 23.9 Å². The summed E-state index contributed by atoms with van der Waals surface area (Å²) in [5, 5.41) is 2.74. The number of hydrogen-bond acceptors (Lipinski definition) is 4. The fraction of sp³-hybridized carbons (Fsp3) is 0.381. The highest BCUT2D eigenvalue weighted by molar-refractivity contribution is 9.10. The maximum absolute atomic E-state index is 14.5. The second kappa shape index (κ2) is 9.28. The lowest BCUT2D eigenvalue weighted by atomic mass is 10.1. The van der Waals surface area contributed by atoms with Crippen LogP contribution in [0, 0.1) is 5.82 Å². The van der Waals surface area contributed by atoms with E-state index in [9.17, 15) is 9.18 Å². The van der Waals surface area contributed by atoms with Crippen molar-refractivity contribution < 1.29 is 18.7 Å². The van der Waals surface area contributed by atoms with E-state index < -0.39 is 11.7 Å². The first-order chi connectivity index (χ1) is 13.5. The van der Waals surface area contributed by atoms with Gasteiger partial charge in [-0.15, -0.1) is 0 Å². The SMILES string of the molecule is CCCOc1c(Br)cc(C(=O)Nc2c(F)cccc2N2CCCC2)cc1OC. The molecule has 1 fully saturated rings. The van der Waals surface area contributed by atoms with Crippen molar-refractivity contribution in [3.63, 3.8) is 0 Å². The quantitative estimate of drug-likeness (QED) is 0.626. The molecule has 0 radical (unpaired) electrons. The predicted octanol–water partition coefficient (Wildman–Crippen LogP) is 5.24. The predicted molar refractivity (Wildman–Crippen MR) is 112 cm³/mol. The molecule has 1 saturated heterocycles. The molecule has 28 heavy (non-hydrogen) atoms. The van der Waals surface area contributed by atoms with E-state index >= 15 is 0 Å². The summed E-state index contributed by atoms with van der Waals surface area (Å²) in [7, 11) is 1.52. The highest BCUT2D eigenvalue weighted by Crippen LogP contribution is 2.37. The number of carbonyl (C=O) groups is 1. The number of halogens is 2. The van der Waals surface area contributed by atoms with Gasteiger partial charge < -0.3 is 19.7 Å². The van der Waals surface area contributed by atoms with Crippen molar-refractivity contribution in [1.82, 2.24) is 0 Å². The smallest absolute Gasteiger partial charge is 0.255 e. The largest absolute Gasteiger partial charge is 0.493 e. The number of nitrogens with one attached hydrogen (secondary N) is 1. The third-order valence-corrected chi connectivity index (χ3v) is 5.21. The van der Waals surface area contributed by atoms with Crippen LogP contribution < -0.4 is 19.7 Å². The molecule has 2 aromatic carbocycles. The first kappa shape index (κ1) is 20.5. The van der Waals surface area contributed by atoms with Gasteiger partial charge >= 0.3 is 0 Å². The van der Waals surface area contributed by atoms with Gasteiger partial charge in [0.1, 0.15) is 11.5 Å². The molecule has 0 aromatic heterocycles. The topological polar surface area (TPSA) is 50.8 Å². The number of anilines is 2. The van der Waals surface area contributed by atoms with Crippen LogP contribution in [0.25, 0.3) is 0 Å². The van der Waals surface area contributed by atoms with Crippen molar-refractivity contribution in [3.05, 3.63) is 46.2 Å². The van der Waals surface area contributed by atoms with Crippen LogP contribution in [0.3, 0.4) is 0 Å². The Balaban J connectivity index is 1.88. The molecule has 0 unspecified atom stereocenters. The summed E-state index contributed by atoms with van der Waals surface area (Å²) in [6.07, 6.45) is 2.98. The van der Waals surface area contributed by atoms with E-state index in [2.05, 4.69) is 26.1 Å². The molecular formula is C21H24BrFN2O3. The molecule has 1 aliphatic heterocycles. The van der Waals surface area contributed by atoms with E-state index in [-0.39, 0.29) is 5.69 Å². The molecule has 3 rings (SSSR count). The number of amides is 1. The molecule has 0 bridgehead atoms. The Hall–Kier alpha value is -2.28. The standard InChI is InChI=1S/C21H24BrFN2O3/c1-3-11-28-20-15(22)12-14(13-18(20)27-2)21(26)24-19-16(23)7-6-8-17(19)25-9-4-5-10-25/h6-8,12-13H,3-5,9-11H2,1-2H3,(H,24,26). The van der Waals surface area contributed by atoms with Gasteiger partial charge in [0.15, 0.2) is 11.5 Å². The van der Waals surface area contributed by atoms with E-state index in [0.29, 0.717) is 33.8 Å². The van der Waals surface area contributed by atoms with E-state index in [1.54, 1.807) is 18.2 Å². The third kappa shape index (κ3) is 4.41. The molecular weight excluding hydrogens is 427 g/mol. The van der Waals surface area contributed by atoms with Gasteiger partial charge in [-0.1, -0.05) is 13.0 Å². The lowest BCUT2D eigenvalue weighted by molar-refractivity contribution is 0.102. The first-order valence-electron chi connectivity index (χ1n) is 9.40. The number of methoxy groups -OCH3 is 1. The van der Waals surface area contributed by atoms with E-state index in [1.807, 2.05) is 13.0 Å². The summed E-state index contributed by atoms with van der Waals surface area (Å²) in [6, 6.07) is 8.11. The second-order valence-electron chi connectivity index (χ2n) is 6.62. The van der Waals surface area contributed by atoms with Crippen LogP contribution in [-0.2, 0) is 0 Å². The Kier molecular flexibility index (Phi) is 6.78. The van der Waals surface area contributed by atoms with Gasteiger partial charge in [-0.25, -0.2) is 4.39 Å². The van der Waals surface area contributed by atoms with Gasteiger partial charge in [0.25, 0.3) is 5.91 Å². The fourth-order valence-electron chi connectivity index (χ4n) is 3.24. The minimum atomic E-state index is -0.452. The van der Waals surface area contributed by atoms with Gasteiger partial charge in [0, 0.05) is 18.7 Å². The van der Waals surface area contributed by atoms with E-state index in [1.165, 1.54) is 13.2 Å². The maximum Gasteiger partial charge on any atom is 0.255 e. The first-order valence-corrected chi connectivity index (χ1v) is 10.2. The van der Waals surface area contributed by atoms with Gasteiger partial charge in [-0.2, -0.15) is 0 Å². The Morgan fingerprint density at radius 2 is 2.04 bits per heavy atom. The van der Waals surface area contributed by atoms with Crippen LogP contribution in [-0.4, -0.2) is 32.7 Å². The average Bonchev–Trinajstić information content (AvgIpc) is 3.22. The van der Waals surface area contributed by atoms with Crippen molar-refractivity contribution in [3.8, 4) is 11.5 Å². The van der Waals surface area contributed by atoms with Crippen molar-refractivity contribution in [2.24, 2.45) is 0 Å². The number of para-hydroxylation sites is 1. The summed E-state index contributed by atoms with van der Waals surface area (Å²) >= 11 is 3.44. The molecule has 7 heteroatoms. The summed E-state index contributed by atoms with van der Waals surface area (Å²) in [4.78, 5) is 15.0. The van der Waals surface area contributed by atoms with Crippen LogP contribution in [0.1, 0.15) is 36.5 Å².